The third kappa shape index (κ3) is 1.77. The van der Waals surface area contributed by atoms with Gasteiger partial charge in [0.1, 0.15) is 5.60 Å². The summed E-state index contributed by atoms with van der Waals surface area (Å²) in [5, 5.41) is 0. The van der Waals surface area contributed by atoms with Crippen molar-refractivity contribution in [3.63, 3.8) is 0 Å². The fourth-order valence-corrected chi connectivity index (χ4v) is 3.50. The molecule has 2 saturated carbocycles. The van der Waals surface area contributed by atoms with E-state index in [0.717, 1.165) is 6.92 Å². The Morgan fingerprint density at radius 2 is 1.35 bits per heavy atom. The molecule has 2 nitrogen and oxygen atoms in total. The Labute approximate surface area is 126 Å². The van der Waals surface area contributed by atoms with Crippen LogP contribution in [0.5, 0.6) is 0 Å². The third-order valence-electron chi connectivity index (χ3n) is 4.91. The lowest BCUT2D eigenvalue weighted by Gasteiger charge is -2.48. The first-order chi connectivity index (χ1) is 10.1. The first-order valence-corrected chi connectivity index (χ1v) is 6.85. The van der Waals surface area contributed by atoms with Crippen molar-refractivity contribution in [2.75, 3.05) is 0 Å². The first-order valence-electron chi connectivity index (χ1n) is 6.85. The number of halogens is 8. The van der Waals surface area contributed by atoms with E-state index in [4.69, 9.17) is 4.74 Å². The lowest BCUT2D eigenvalue weighted by Crippen LogP contribution is -2.64. The molecule has 0 heterocycles. The van der Waals surface area contributed by atoms with Crippen LogP contribution in [0.3, 0.4) is 0 Å². The molecule has 3 unspecified atom stereocenters. The topological polar surface area (TPSA) is 26.3 Å². The van der Waals surface area contributed by atoms with Gasteiger partial charge in [0.05, 0.1) is 0 Å². The van der Waals surface area contributed by atoms with Crippen molar-refractivity contribution in [2.45, 2.75) is 74.2 Å². The highest BCUT2D eigenvalue weighted by molar-refractivity contribution is 5.66. The van der Waals surface area contributed by atoms with Crippen molar-refractivity contribution in [2.24, 2.45) is 0 Å². The molecule has 2 aliphatic rings. The minimum absolute atomic E-state index is 0.318. The molecule has 2 rings (SSSR count). The maximum atomic E-state index is 14.8. The average Bonchev–Trinajstić information content (AvgIpc) is 2.46. The van der Waals surface area contributed by atoms with Crippen molar-refractivity contribution >= 4 is 5.97 Å². The summed E-state index contributed by atoms with van der Waals surface area (Å²) in [4.78, 5) is 11.0. The van der Waals surface area contributed by atoms with E-state index in [9.17, 15) is 39.9 Å². The maximum Gasteiger partial charge on any atom is 0.378 e. The zero-order chi connectivity index (χ0) is 18.1. The van der Waals surface area contributed by atoms with Crippen LogP contribution >= 0.6 is 0 Å². The predicted octanol–water partition coefficient (Wildman–Crippen LogP) is 4.22. The van der Waals surface area contributed by atoms with Crippen LogP contribution in [-0.4, -0.2) is 40.7 Å². The van der Waals surface area contributed by atoms with Gasteiger partial charge in [0.25, 0.3) is 0 Å². The van der Waals surface area contributed by atoms with E-state index < -0.39 is 59.9 Å². The van der Waals surface area contributed by atoms with E-state index in [-0.39, 0.29) is 6.42 Å². The molecular weight excluding hydrogens is 340 g/mol. The number of hydrogen-bond acceptors (Lipinski definition) is 2. The molecule has 0 aromatic rings. The fourth-order valence-electron chi connectivity index (χ4n) is 3.50. The van der Waals surface area contributed by atoms with Crippen LogP contribution in [0, 0.1) is 0 Å². The zero-order valence-electron chi connectivity index (χ0n) is 12.2. The van der Waals surface area contributed by atoms with Gasteiger partial charge in [0.2, 0.25) is 11.3 Å². The number of hydrogen-bond donors (Lipinski definition) is 0. The van der Waals surface area contributed by atoms with Gasteiger partial charge in [-0.25, -0.2) is 8.78 Å². The number of esters is 1. The number of ether oxygens (including phenoxy) is 1. The summed E-state index contributed by atoms with van der Waals surface area (Å²) < 4.78 is 116. The Kier molecular flexibility index (Phi) is 3.57. The molecule has 134 valence electrons. The summed E-state index contributed by atoms with van der Waals surface area (Å²) in [6.45, 7) is 2.12. The molecule has 0 bridgehead atoms. The number of fused-ring (bicyclic) bond motifs is 1. The molecule has 0 radical (unpaired) electrons. The number of carbonyl (C=O) groups is 1. The number of rotatable bonds is 2. The second-order valence-electron chi connectivity index (χ2n) is 6.13. The number of carbonyl (C=O) groups excluding carboxylic acids is 1. The van der Waals surface area contributed by atoms with Crippen molar-refractivity contribution in [1.82, 2.24) is 0 Å². The van der Waals surface area contributed by atoms with Crippen LogP contribution in [0.15, 0.2) is 0 Å². The first kappa shape index (κ1) is 18.3. The summed E-state index contributed by atoms with van der Waals surface area (Å²) in [6.07, 6.45) is -4.48. The molecule has 2 aliphatic carbocycles. The lowest BCUT2D eigenvalue weighted by molar-refractivity contribution is -0.292. The predicted molar refractivity (Wildman–Crippen MR) is 61.2 cm³/mol. The Bertz CT molecular complexity index is 536. The molecule has 10 heteroatoms. The normalized spacial score (nSPS) is 43.7. The highest BCUT2D eigenvalue weighted by atomic mass is 19.4. The minimum atomic E-state index is -6.20. The quantitative estimate of drug-likeness (QED) is 0.548. The molecule has 0 aliphatic heterocycles. The lowest BCUT2D eigenvalue weighted by atomic mass is 9.67. The van der Waals surface area contributed by atoms with Crippen molar-refractivity contribution in [3.05, 3.63) is 0 Å². The summed E-state index contributed by atoms with van der Waals surface area (Å²) in [5.41, 5.74) is -11.7. The summed E-state index contributed by atoms with van der Waals surface area (Å²) in [6, 6.07) is 0. The average molecular weight is 354 g/mol. The van der Waals surface area contributed by atoms with Crippen LogP contribution in [-0.2, 0) is 9.53 Å². The zero-order valence-corrected chi connectivity index (χ0v) is 12.2. The summed E-state index contributed by atoms with van der Waals surface area (Å²) in [7, 11) is 0. The Morgan fingerprint density at radius 1 is 0.870 bits per heavy atom. The van der Waals surface area contributed by atoms with Crippen LogP contribution < -0.4 is 0 Å². The van der Waals surface area contributed by atoms with E-state index in [2.05, 4.69) is 0 Å². The highest BCUT2D eigenvalue weighted by Crippen LogP contribution is 2.73. The molecule has 23 heavy (non-hydrogen) atoms. The van der Waals surface area contributed by atoms with Gasteiger partial charge in [-0.3, -0.25) is 4.79 Å². The van der Waals surface area contributed by atoms with E-state index in [1.165, 1.54) is 6.92 Å². The van der Waals surface area contributed by atoms with Crippen LogP contribution in [0.4, 0.5) is 35.1 Å². The van der Waals surface area contributed by atoms with E-state index >= 15 is 0 Å². The van der Waals surface area contributed by atoms with Gasteiger partial charge in [0.15, 0.2) is 0 Å². The van der Waals surface area contributed by atoms with Gasteiger partial charge in [-0.05, 0) is 19.3 Å². The third-order valence-corrected chi connectivity index (χ3v) is 4.91. The van der Waals surface area contributed by atoms with Gasteiger partial charge in [-0.15, -0.1) is 0 Å². The highest BCUT2D eigenvalue weighted by Gasteiger charge is 2.99. The molecule has 0 N–H and O–H groups in total. The second-order valence-corrected chi connectivity index (χ2v) is 6.13. The smallest absolute Gasteiger partial charge is 0.378 e. The largest absolute Gasteiger partial charge is 0.459 e. The second kappa shape index (κ2) is 4.50. The standard InChI is InChI=1S/C13H14F8O2/c1-3-8(23-7(2)22)4-5-9(14)10(15,6-8)12(18,19)13(20,21)11(9,16)17/h3-6H2,1-2H3. The molecule has 0 aromatic carbocycles. The van der Waals surface area contributed by atoms with Gasteiger partial charge in [0, 0.05) is 13.3 Å². The van der Waals surface area contributed by atoms with E-state index in [1.54, 1.807) is 0 Å². The van der Waals surface area contributed by atoms with Crippen molar-refractivity contribution < 1.29 is 44.7 Å². The van der Waals surface area contributed by atoms with Crippen LogP contribution in [0.2, 0.25) is 0 Å². The Hall–Kier alpha value is -1.09. The molecule has 0 aromatic heterocycles. The fraction of sp³-hybridized carbons (Fsp3) is 0.923. The van der Waals surface area contributed by atoms with Gasteiger partial charge in [-0.1, -0.05) is 6.92 Å². The molecule has 3 atom stereocenters. The van der Waals surface area contributed by atoms with Crippen molar-refractivity contribution in [1.29, 1.82) is 0 Å². The maximum absolute atomic E-state index is 14.8. The molecule has 2 fully saturated rings. The number of alkyl halides is 8. The molecule has 0 spiro atoms. The Morgan fingerprint density at radius 3 is 1.78 bits per heavy atom. The minimum Gasteiger partial charge on any atom is -0.459 e. The van der Waals surface area contributed by atoms with Crippen LogP contribution in [0.25, 0.3) is 0 Å². The van der Waals surface area contributed by atoms with Crippen molar-refractivity contribution in [3.8, 4) is 0 Å². The van der Waals surface area contributed by atoms with Crippen LogP contribution in [0.1, 0.15) is 39.5 Å². The van der Waals surface area contributed by atoms with E-state index in [1.807, 2.05) is 0 Å². The molecular formula is C13H14F8O2. The Balaban J connectivity index is 2.61. The SMILES string of the molecule is CCC1(OC(C)=O)CCC2(F)C(F)(F)C(F)(F)C(F)(F)C2(F)C1. The molecule has 0 amide bonds. The molecule has 0 saturated heterocycles. The van der Waals surface area contributed by atoms with Gasteiger partial charge in [-0.2, -0.15) is 26.3 Å². The van der Waals surface area contributed by atoms with Gasteiger partial charge < -0.3 is 4.74 Å². The van der Waals surface area contributed by atoms with Gasteiger partial charge >= 0.3 is 23.7 Å². The summed E-state index contributed by atoms with van der Waals surface area (Å²) in [5.74, 6) is -19.1. The monoisotopic (exact) mass is 354 g/mol. The summed E-state index contributed by atoms with van der Waals surface area (Å²) >= 11 is 0. The van der Waals surface area contributed by atoms with E-state index in [0.29, 0.717) is 0 Å².